The molecule has 3 heterocycles. The van der Waals surface area contributed by atoms with E-state index in [0.29, 0.717) is 46.1 Å². The van der Waals surface area contributed by atoms with Crippen LogP contribution in [0.2, 0.25) is 0 Å². The van der Waals surface area contributed by atoms with Crippen LogP contribution < -0.4 is 0 Å². The summed E-state index contributed by atoms with van der Waals surface area (Å²) in [7, 11) is 0. The smallest absolute Gasteiger partial charge is 0.0556 e. The Kier molecular flexibility index (Phi) is 8.38. The topological polar surface area (TPSA) is 4.93 Å². The molecule has 1 spiro atoms. The summed E-state index contributed by atoms with van der Waals surface area (Å²) in [5.74, 6) is 2.96. The van der Waals surface area contributed by atoms with E-state index >= 15 is 0 Å². The van der Waals surface area contributed by atoms with Gasteiger partial charge in [-0.25, -0.2) is 0 Å². The fraction of sp³-hybridized carbons (Fsp3) is 0.510. The first-order chi connectivity index (χ1) is 25.8. The van der Waals surface area contributed by atoms with Gasteiger partial charge in [0.25, 0.3) is 0 Å². The van der Waals surface area contributed by atoms with Crippen LogP contribution >= 0.6 is 23.5 Å². The molecule has 0 aromatic carbocycles. The fourth-order valence-electron chi connectivity index (χ4n) is 12.7. The molecule has 9 atom stereocenters. The van der Waals surface area contributed by atoms with Gasteiger partial charge >= 0.3 is 0 Å². The van der Waals surface area contributed by atoms with Crippen LogP contribution in [0, 0.1) is 35.0 Å². The Morgan fingerprint density at radius 2 is 1.65 bits per heavy atom. The normalized spacial score (nSPS) is 38.4. The zero-order valence-electron chi connectivity index (χ0n) is 30.9. The van der Waals surface area contributed by atoms with Crippen LogP contribution in [0.15, 0.2) is 112 Å². The maximum atomic E-state index is 2.77. The van der Waals surface area contributed by atoms with Gasteiger partial charge in [0, 0.05) is 44.0 Å². The standard InChI is InChI=1S/C49H55NS2/c1-3-14-32(15-4-1)36-19-13-22-41-48(36)52-47-29-27-34(31-42(47)49(41)39-20-8-11-24-45(39)51-46-25-12-9-21-40(46)49)33-26-28-44-38(30-33)37-18-7-10-23-43(37)50(44)35-16-5-2-6-17-35/h2,5-6,8,13-14,16,20-22,25-29,33-36,39,42,45,47H,1,3-4,7,9-12,15,17-19,23-24,30-31H2. The Balaban J connectivity index is 1.01. The molecule has 1 aromatic rings. The van der Waals surface area contributed by atoms with E-state index in [1.807, 2.05) is 0 Å². The van der Waals surface area contributed by atoms with Gasteiger partial charge < -0.3 is 4.57 Å². The third-order valence-electron chi connectivity index (χ3n) is 14.9. The van der Waals surface area contributed by atoms with Crippen LogP contribution in [0.5, 0.6) is 0 Å². The number of hydrogen-bond donors (Lipinski definition) is 0. The first-order valence-corrected chi connectivity index (χ1v) is 23.0. The first-order valence-electron chi connectivity index (χ1n) is 21.2. The van der Waals surface area contributed by atoms with Gasteiger partial charge in [-0.1, -0.05) is 90.6 Å². The lowest BCUT2D eigenvalue weighted by Crippen LogP contribution is -2.55. The molecule has 3 heteroatoms. The molecule has 0 amide bonds. The van der Waals surface area contributed by atoms with Gasteiger partial charge in [0.15, 0.2) is 0 Å². The molecular weight excluding hydrogens is 667 g/mol. The highest BCUT2D eigenvalue weighted by Gasteiger charge is 2.61. The molecule has 1 aromatic heterocycles. The van der Waals surface area contributed by atoms with Crippen molar-refractivity contribution in [2.45, 2.75) is 119 Å². The average Bonchev–Trinajstić information content (AvgIpc) is 3.55. The van der Waals surface area contributed by atoms with E-state index in [0.717, 1.165) is 6.42 Å². The molecule has 52 heavy (non-hydrogen) atoms. The molecule has 10 aliphatic rings. The van der Waals surface area contributed by atoms with E-state index in [2.05, 4.69) is 119 Å². The third-order valence-corrected chi connectivity index (χ3v) is 17.9. The second-order valence-corrected chi connectivity index (χ2v) is 20.0. The molecule has 1 fully saturated rings. The summed E-state index contributed by atoms with van der Waals surface area (Å²) < 4.78 is 2.77. The van der Waals surface area contributed by atoms with Crippen LogP contribution in [0.25, 0.3) is 6.08 Å². The summed E-state index contributed by atoms with van der Waals surface area (Å²) in [6.07, 6.45) is 59.2. The van der Waals surface area contributed by atoms with Gasteiger partial charge in [-0.15, -0.1) is 23.5 Å². The Labute approximate surface area is 321 Å². The lowest BCUT2D eigenvalue weighted by atomic mass is 9.50. The van der Waals surface area contributed by atoms with Gasteiger partial charge in [0.05, 0.1) is 6.04 Å². The number of hydrogen-bond acceptors (Lipinski definition) is 2. The van der Waals surface area contributed by atoms with Gasteiger partial charge in [-0.3, -0.25) is 0 Å². The van der Waals surface area contributed by atoms with E-state index < -0.39 is 0 Å². The minimum Gasteiger partial charge on any atom is -0.337 e. The Morgan fingerprint density at radius 3 is 2.58 bits per heavy atom. The van der Waals surface area contributed by atoms with Crippen LogP contribution in [-0.4, -0.2) is 15.1 Å². The molecule has 0 radical (unpaired) electrons. The number of nitrogens with zero attached hydrogens (tertiary/aromatic N) is 1. The van der Waals surface area contributed by atoms with Gasteiger partial charge in [0.2, 0.25) is 0 Å². The Morgan fingerprint density at radius 1 is 0.712 bits per heavy atom. The first kappa shape index (κ1) is 32.8. The van der Waals surface area contributed by atoms with Crippen LogP contribution in [-0.2, 0) is 19.3 Å². The SMILES string of the molecule is C1=CCC(n2c3c(c4c2CCCC4)CC(C2C=CC4SC5=C(C=CCC5C5=CCCCC5)C5(C6=CCCC=C6SC6CCC=CC65)C4C2)C=C3)C=C1. The van der Waals surface area contributed by atoms with Crippen molar-refractivity contribution < 1.29 is 0 Å². The predicted molar refractivity (Wildman–Crippen MR) is 223 cm³/mol. The molecule has 2 aliphatic heterocycles. The van der Waals surface area contributed by atoms with Gasteiger partial charge in [-0.2, -0.15) is 0 Å². The molecule has 9 unspecified atom stereocenters. The second-order valence-electron chi connectivity index (χ2n) is 17.5. The van der Waals surface area contributed by atoms with Crippen LogP contribution in [0.3, 0.4) is 0 Å². The van der Waals surface area contributed by atoms with E-state index in [1.54, 1.807) is 49.0 Å². The third kappa shape index (κ3) is 5.03. The highest BCUT2D eigenvalue weighted by atomic mass is 32.2. The lowest BCUT2D eigenvalue weighted by Gasteiger charge is -2.61. The molecular formula is C49H55NS2. The maximum Gasteiger partial charge on any atom is 0.0556 e. The van der Waals surface area contributed by atoms with Crippen molar-refractivity contribution in [2.24, 2.45) is 35.0 Å². The number of allylic oxidation sites excluding steroid dienone is 17. The molecule has 0 N–H and O–H groups in total. The van der Waals surface area contributed by atoms with Gasteiger partial charge in [-0.05, 0) is 154 Å². The number of fused-ring (bicyclic) bond motifs is 10. The average molecular weight is 722 g/mol. The molecule has 1 saturated heterocycles. The van der Waals surface area contributed by atoms with Gasteiger partial charge in [0.1, 0.15) is 0 Å². The van der Waals surface area contributed by atoms with E-state index in [9.17, 15) is 0 Å². The monoisotopic (exact) mass is 721 g/mol. The highest BCUT2D eigenvalue weighted by Crippen LogP contribution is 2.71. The molecule has 0 bridgehead atoms. The largest absolute Gasteiger partial charge is 0.337 e. The highest BCUT2D eigenvalue weighted by molar-refractivity contribution is 8.04. The minimum absolute atomic E-state index is 0.0740. The zero-order chi connectivity index (χ0) is 34.2. The Bertz CT molecular complexity index is 1970. The quantitative estimate of drug-likeness (QED) is 0.286. The summed E-state index contributed by atoms with van der Waals surface area (Å²) in [5, 5.41) is 1.24. The summed E-state index contributed by atoms with van der Waals surface area (Å²) in [6, 6.07) is 0.474. The van der Waals surface area contributed by atoms with E-state index in [-0.39, 0.29) is 5.41 Å². The molecule has 1 nitrogen and oxygen atoms in total. The number of aromatic nitrogens is 1. The van der Waals surface area contributed by atoms with Crippen molar-refractivity contribution >= 4 is 29.6 Å². The van der Waals surface area contributed by atoms with Crippen molar-refractivity contribution in [3.8, 4) is 0 Å². The molecule has 11 rings (SSSR count). The Hall–Kier alpha value is -2.62. The van der Waals surface area contributed by atoms with E-state index in [4.69, 9.17) is 0 Å². The maximum absolute atomic E-state index is 2.77. The summed E-state index contributed by atoms with van der Waals surface area (Å²) in [6.45, 7) is 0. The summed E-state index contributed by atoms with van der Waals surface area (Å²) in [4.78, 5) is 3.41. The van der Waals surface area contributed by atoms with Crippen molar-refractivity contribution in [1.29, 1.82) is 0 Å². The number of thioether (sulfide) groups is 2. The van der Waals surface area contributed by atoms with Crippen molar-refractivity contribution in [3.63, 3.8) is 0 Å². The second kappa shape index (κ2) is 13.3. The van der Waals surface area contributed by atoms with Crippen molar-refractivity contribution in [1.82, 2.24) is 4.57 Å². The zero-order valence-corrected chi connectivity index (χ0v) is 32.5. The summed E-state index contributed by atoms with van der Waals surface area (Å²) in [5.41, 5.74) is 12.0. The fourth-order valence-corrected chi connectivity index (χ4v) is 16.1. The van der Waals surface area contributed by atoms with Crippen LogP contribution in [0.1, 0.15) is 112 Å². The minimum atomic E-state index is 0.0740. The number of rotatable bonds is 3. The molecule has 268 valence electrons. The van der Waals surface area contributed by atoms with Crippen molar-refractivity contribution in [3.05, 3.63) is 134 Å². The summed E-state index contributed by atoms with van der Waals surface area (Å²) >= 11 is 4.57. The lowest BCUT2D eigenvalue weighted by molar-refractivity contribution is 0.147. The van der Waals surface area contributed by atoms with E-state index in [1.165, 1.54) is 96.3 Å². The molecule has 8 aliphatic carbocycles. The predicted octanol–water partition coefficient (Wildman–Crippen LogP) is 12.9. The molecule has 0 saturated carbocycles. The van der Waals surface area contributed by atoms with Crippen LogP contribution in [0.4, 0.5) is 0 Å². The van der Waals surface area contributed by atoms with Crippen molar-refractivity contribution in [2.75, 3.05) is 0 Å².